The molecule has 0 unspecified atom stereocenters. The number of pyridine rings is 1. The number of benzene rings is 1. The number of aromatic nitrogens is 1. The summed E-state index contributed by atoms with van der Waals surface area (Å²) in [5.41, 5.74) is -0.0297. The maximum atomic E-state index is 13.9. The zero-order valence-corrected chi connectivity index (χ0v) is 15.5. The molecule has 1 saturated heterocycles. The van der Waals surface area contributed by atoms with Crippen LogP contribution in [0.2, 0.25) is 0 Å². The highest BCUT2D eigenvalue weighted by molar-refractivity contribution is 9.10. The molecule has 0 saturated carbocycles. The third kappa shape index (κ3) is 3.73. The molecule has 1 aliphatic heterocycles. The van der Waals surface area contributed by atoms with Crippen LogP contribution in [0.3, 0.4) is 0 Å². The van der Waals surface area contributed by atoms with Gasteiger partial charge in [-0.05, 0) is 30.3 Å². The Labute approximate surface area is 153 Å². The summed E-state index contributed by atoms with van der Waals surface area (Å²) in [5, 5.41) is 0. The van der Waals surface area contributed by atoms with Crippen molar-refractivity contribution in [1.82, 2.24) is 14.2 Å². The van der Waals surface area contributed by atoms with Gasteiger partial charge in [0.1, 0.15) is 10.7 Å². The maximum absolute atomic E-state index is 13.9. The smallest absolute Gasteiger partial charge is 0.256 e. The molecule has 0 spiro atoms. The van der Waals surface area contributed by atoms with Crippen LogP contribution in [0.4, 0.5) is 4.39 Å². The molecule has 1 aromatic heterocycles. The number of rotatable bonds is 3. The van der Waals surface area contributed by atoms with Gasteiger partial charge in [0.05, 0.1) is 5.56 Å². The third-order valence-corrected chi connectivity index (χ3v) is 6.33. The Balaban J connectivity index is 1.72. The van der Waals surface area contributed by atoms with Gasteiger partial charge in [0, 0.05) is 43.0 Å². The van der Waals surface area contributed by atoms with Crippen LogP contribution in [-0.2, 0) is 10.0 Å². The van der Waals surface area contributed by atoms with Gasteiger partial charge in [-0.1, -0.05) is 15.9 Å². The molecule has 0 radical (unpaired) electrons. The van der Waals surface area contributed by atoms with Crippen LogP contribution in [0, 0.1) is 5.82 Å². The summed E-state index contributed by atoms with van der Waals surface area (Å²) in [7, 11) is -3.64. The Hall–Kier alpha value is -1.84. The van der Waals surface area contributed by atoms with Crippen LogP contribution >= 0.6 is 15.9 Å². The molecule has 6 nitrogen and oxygen atoms in total. The van der Waals surface area contributed by atoms with Crippen LogP contribution in [0.15, 0.2) is 52.1 Å². The highest BCUT2D eigenvalue weighted by atomic mass is 79.9. The van der Waals surface area contributed by atoms with Crippen molar-refractivity contribution >= 4 is 31.9 Å². The number of sulfonamides is 1. The van der Waals surface area contributed by atoms with Gasteiger partial charge in [-0.25, -0.2) is 12.8 Å². The standard InChI is InChI=1S/C16H15BrFN3O3S/c17-12-3-4-15(18)14(10-12)16(22)20-6-8-21(9-7-20)25(23,24)13-2-1-5-19-11-13/h1-5,10-11H,6-9H2. The van der Waals surface area contributed by atoms with Gasteiger partial charge in [0.15, 0.2) is 0 Å². The van der Waals surface area contributed by atoms with E-state index in [4.69, 9.17) is 0 Å². The lowest BCUT2D eigenvalue weighted by Crippen LogP contribution is -2.50. The summed E-state index contributed by atoms with van der Waals surface area (Å²) >= 11 is 3.22. The van der Waals surface area contributed by atoms with Gasteiger partial charge < -0.3 is 4.90 Å². The Morgan fingerprint density at radius 2 is 1.88 bits per heavy atom. The quantitative estimate of drug-likeness (QED) is 0.751. The molecular weight excluding hydrogens is 413 g/mol. The fraction of sp³-hybridized carbons (Fsp3) is 0.250. The molecule has 9 heteroatoms. The molecule has 0 bridgehead atoms. The Morgan fingerprint density at radius 1 is 1.16 bits per heavy atom. The van der Waals surface area contributed by atoms with Crippen LogP contribution in [0.1, 0.15) is 10.4 Å². The number of nitrogens with zero attached hydrogens (tertiary/aromatic N) is 3. The van der Waals surface area contributed by atoms with E-state index >= 15 is 0 Å². The lowest BCUT2D eigenvalue weighted by molar-refractivity contribution is 0.0693. The van der Waals surface area contributed by atoms with E-state index in [1.165, 1.54) is 45.9 Å². The number of carbonyl (C=O) groups excluding carboxylic acids is 1. The average molecular weight is 428 g/mol. The van der Waals surface area contributed by atoms with Gasteiger partial charge in [-0.3, -0.25) is 9.78 Å². The second-order valence-corrected chi connectivity index (χ2v) is 8.36. The largest absolute Gasteiger partial charge is 0.336 e. The minimum Gasteiger partial charge on any atom is -0.336 e. The minimum absolute atomic E-state index is 0.0297. The van der Waals surface area contributed by atoms with Gasteiger partial charge in [0.2, 0.25) is 10.0 Å². The van der Waals surface area contributed by atoms with E-state index in [1.54, 1.807) is 6.07 Å². The summed E-state index contributed by atoms with van der Waals surface area (Å²) in [6.45, 7) is 0.700. The van der Waals surface area contributed by atoms with E-state index in [1.807, 2.05) is 0 Å². The SMILES string of the molecule is O=C(c1cc(Br)ccc1F)N1CCN(S(=O)(=O)c2cccnc2)CC1. The first-order chi connectivity index (χ1) is 11.9. The van der Waals surface area contributed by atoms with Crippen molar-refractivity contribution < 1.29 is 17.6 Å². The molecule has 0 atom stereocenters. The predicted molar refractivity (Wildman–Crippen MR) is 93.0 cm³/mol. The number of halogens is 2. The van der Waals surface area contributed by atoms with Crippen LogP contribution in [-0.4, -0.2) is 54.7 Å². The summed E-state index contributed by atoms with van der Waals surface area (Å²) in [5.74, 6) is -1.05. The Kier molecular flexibility index (Phi) is 5.16. The van der Waals surface area contributed by atoms with Crippen molar-refractivity contribution in [3.05, 3.63) is 58.6 Å². The van der Waals surface area contributed by atoms with Gasteiger partial charge in [0.25, 0.3) is 5.91 Å². The van der Waals surface area contributed by atoms with Crippen LogP contribution in [0.25, 0.3) is 0 Å². The molecule has 3 rings (SSSR count). The van der Waals surface area contributed by atoms with Gasteiger partial charge >= 0.3 is 0 Å². The highest BCUT2D eigenvalue weighted by Crippen LogP contribution is 2.20. The lowest BCUT2D eigenvalue weighted by Gasteiger charge is -2.34. The summed E-state index contributed by atoms with van der Waals surface area (Å²) < 4.78 is 40.9. The average Bonchev–Trinajstić information content (AvgIpc) is 2.64. The van der Waals surface area contributed by atoms with Gasteiger partial charge in [-0.15, -0.1) is 0 Å². The van der Waals surface area contributed by atoms with Crippen molar-refractivity contribution in [1.29, 1.82) is 0 Å². The Bertz CT molecular complexity index is 885. The molecular formula is C16H15BrFN3O3S. The fourth-order valence-electron chi connectivity index (χ4n) is 2.61. The highest BCUT2D eigenvalue weighted by Gasteiger charge is 2.31. The second-order valence-electron chi connectivity index (χ2n) is 5.51. The molecule has 0 aliphatic carbocycles. The molecule has 1 amide bonds. The summed E-state index contributed by atoms with van der Waals surface area (Å²) in [6, 6.07) is 7.21. The van der Waals surface area contributed by atoms with Crippen LogP contribution < -0.4 is 0 Å². The number of hydrogen-bond donors (Lipinski definition) is 0. The number of hydrogen-bond acceptors (Lipinski definition) is 4. The van der Waals surface area contributed by atoms with E-state index in [-0.39, 0.29) is 36.6 Å². The Morgan fingerprint density at radius 3 is 2.52 bits per heavy atom. The number of amides is 1. The van der Waals surface area contributed by atoms with E-state index < -0.39 is 21.7 Å². The van der Waals surface area contributed by atoms with Crippen molar-refractivity contribution in [2.24, 2.45) is 0 Å². The van der Waals surface area contributed by atoms with E-state index in [9.17, 15) is 17.6 Å². The lowest BCUT2D eigenvalue weighted by atomic mass is 10.1. The number of piperazine rings is 1. The molecule has 0 N–H and O–H groups in total. The second kappa shape index (κ2) is 7.19. The molecule has 1 fully saturated rings. The minimum atomic E-state index is -3.64. The monoisotopic (exact) mass is 427 g/mol. The fourth-order valence-corrected chi connectivity index (χ4v) is 4.36. The number of carbonyl (C=O) groups is 1. The molecule has 2 aromatic rings. The van der Waals surface area contributed by atoms with Crippen molar-refractivity contribution in [3.8, 4) is 0 Å². The predicted octanol–water partition coefficient (Wildman–Crippen LogP) is 2.13. The molecule has 132 valence electrons. The topological polar surface area (TPSA) is 70.6 Å². The van der Waals surface area contributed by atoms with Crippen molar-refractivity contribution in [3.63, 3.8) is 0 Å². The van der Waals surface area contributed by atoms with E-state index in [0.717, 1.165) is 0 Å². The zero-order valence-electron chi connectivity index (χ0n) is 13.1. The zero-order chi connectivity index (χ0) is 18.0. The normalized spacial score (nSPS) is 16.0. The van der Waals surface area contributed by atoms with Crippen molar-refractivity contribution in [2.75, 3.05) is 26.2 Å². The first kappa shape index (κ1) is 18.0. The molecule has 2 heterocycles. The summed E-state index contributed by atoms with van der Waals surface area (Å²) in [6.07, 6.45) is 2.80. The van der Waals surface area contributed by atoms with Gasteiger partial charge in [-0.2, -0.15) is 4.31 Å². The maximum Gasteiger partial charge on any atom is 0.256 e. The van der Waals surface area contributed by atoms with E-state index in [0.29, 0.717) is 4.47 Å². The third-order valence-electron chi connectivity index (χ3n) is 3.96. The van der Waals surface area contributed by atoms with Crippen molar-refractivity contribution in [2.45, 2.75) is 4.90 Å². The van der Waals surface area contributed by atoms with E-state index in [2.05, 4.69) is 20.9 Å². The molecule has 1 aromatic carbocycles. The summed E-state index contributed by atoms with van der Waals surface area (Å²) in [4.78, 5) is 17.9. The molecule has 1 aliphatic rings. The molecule has 25 heavy (non-hydrogen) atoms. The first-order valence-electron chi connectivity index (χ1n) is 7.54. The first-order valence-corrected chi connectivity index (χ1v) is 9.77. The van der Waals surface area contributed by atoms with Crippen LogP contribution in [0.5, 0.6) is 0 Å².